The lowest BCUT2D eigenvalue weighted by molar-refractivity contribution is 0.356. The summed E-state index contributed by atoms with van der Waals surface area (Å²) in [5.74, 6) is 0.602. The summed E-state index contributed by atoms with van der Waals surface area (Å²) in [6, 6.07) is 6.03. The first-order chi connectivity index (χ1) is 9.57. The van der Waals surface area contributed by atoms with Crippen LogP contribution in [0.2, 0.25) is 0 Å². The Morgan fingerprint density at radius 1 is 1.30 bits per heavy atom. The van der Waals surface area contributed by atoms with E-state index in [0.29, 0.717) is 5.76 Å². The molecule has 3 rings (SSSR count). The number of rotatable bonds is 5. The van der Waals surface area contributed by atoms with Gasteiger partial charge >= 0.3 is 0 Å². The van der Waals surface area contributed by atoms with E-state index >= 15 is 0 Å². The van der Waals surface area contributed by atoms with Gasteiger partial charge in [0.15, 0.2) is 0 Å². The zero-order valence-corrected chi connectivity index (χ0v) is 11.5. The summed E-state index contributed by atoms with van der Waals surface area (Å²) in [6.45, 7) is 0.207. The second-order valence-electron chi connectivity index (χ2n) is 4.75. The molecular weight excluding hydrogens is 280 g/mol. The standard InChI is InChI=1S/C13H14N2O4S/c16-13-6-5-12(8-14-13)20(17,18)15(10-3-4-10)9-11-2-1-7-19-11/h1-2,5-8,10H,3-4,9H2,(H,14,16). The van der Waals surface area contributed by atoms with E-state index in [1.165, 1.54) is 28.9 Å². The summed E-state index contributed by atoms with van der Waals surface area (Å²) in [5, 5.41) is 0. The number of hydrogen-bond acceptors (Lipinski definition) is 4. The van der Waals surface area contributed by atoms with Gasteiger partial charge in [-0.05, 0) is 31.0 Å². The molecule has 2 heterocycles. The Bertz CT molecular complexity index is 724. The third kappa shape index (κ3) is 2.54. The molecular formula is C13H14N2O4S. The summed E-state index contributed by atoms with van der Waals surface area (Å²) >= 11 is 0. The van der Waals surface area contributed by atoms with Crippen LogP contribution < -0.4 is 5.56 Å². The summed E-state index contributed by atoms with van der Waals surface area (Å²) < 4.78 is 31.9. The number of pyridine rings is 1. The fourth-order valence-electron chi connectivity index (χ4n) is 2.02. The Labute approximate surface area is 116 Å². The second-order valence-corrected chi connectivity index (χ2v) is 6.64. The summed E-state index contributed by atoms with van der Waals surface area (Å²) in [6.07, 6.45) is 4.45. The fraction of sp³-hybridized carbons (Fsp3) is 0.308. The lowest BCUT2D eigenvalue weighted by Crippen LogP contribution is -2.32. The van der Waals surface area contributed by atoms with E-state index in [2.05, 4.69) is 4.98 Å². The maximum absolute atomic E-state index is 12.6. The molecule has 0 atom stereocenters. The molecule has 0 amide bonds. The fourth-order valence-corrected chi connectivity index (χ4v) is 3.64. The topological polar surface area (TPSA) is 83.4 Å². The van der Waals surface area contributed by atoms with Crippen molar-refractivity contribution in [1.29, 1.82) is 0 Å². The van der Waals surface area contributed by atoms with E-state index in [1.54, 1.807) is 12.1 Å². The number of furan rings is 1. The molecule has 0 radical (unpaired) electrons. The average molecular weight is 294 g/mol. The monoisotopic (exact) mass is 294 g/mol. The Kier molecular flexibility index (Phi) is 3.23. The van der Waals surface area contributed by atoms with Gasteiger partial charge in [0.1, 0.15) is 5.76 Å². The number of nitrogens with zero attached hydrogens (tertiary/aromatic N) is 1. The molecule has 7 heteroatoms. The van der Waals surface area contributed by atoms with Gasteiger partial charge in [-0.15, -0.1) is 0 Å². The van der Waals surface area contributed by atoms with Gasteiger partial charge in [0.25, 0.3) is 0 Å². The van der Waals surface area contributed by atoms with Crippen LogP contribution >= 0.6 is 0 Å². The molecule has 0 saturated heterocycles. The van der Waals surface area contributed by atoms with Crippen molar-refractivity contribution in [1.82, 2.24) is 9.29 Å². The van der Waals surface area contributed by atoms with Gasteiger partial charge in [0, 0.05) is 18.3 Å². The van der Waals surface area contributed by atoms with Gasteiger partial charge in [-0.3, -0.25) is 4.79 Å². The minimum absolute atomic E-state index is 0.0111. The van der Waals surface area contributed by atoms with E-state index in [4.69, 9.17) is 4.42 Å². The molecule has 20 heavy (non-hydrogen) atoms. The third-order valence-corrected chi connectivity index (χ3v) is 5.10. The number of aromatic nitrogens is 1. The SMILES string of the molecule is O=c1ccc(S(=O)(=O)N(Cc2ccco2)C2CC2)c[nH]1. The number of aromatic amines is 1. The number of H-pyrrole nitrogens is 1. The van der Waals surface area contributed by atoms with Crippen molar-refractivity contribution in [2.24, 2.45) is 0 Å². The Morgan fingerprint density at radius 2 is 2.10 bits per heavy atom. The average Bonchev–Trinajstić information content (AvgIpc) is 3.12. The first-order valence-corrected chi connectivity index (χ1v) is 7.74. The molecule has 0 spiro atoms. The highest BCUT2D eigenvalue weighted by Crippen LogP contribution is 2.33. The van der Waals surface area contributed by atoms with E-state index in [1.807, 2.05) is 0 Å². The first-order valence-electron chi connectivity index (χ1n) is 6.30. The molecule has 0 unspecified atom stereocenters. The highest BCUT2D eigenvalue weighted by molar-refractivity contribution is 7.89. The van der Waals surface area contributed by atoms with Crippen molar-refractivity contribution in [2.75, 3.05) is 0 Å². The number of nitrogens with one attached hydrogen (secondary N) is 1. The van der Waals surface area contributed by atoms with Crippen molar-refractivity contribution in [3.05, 3.63) is 52.8 Å². The van der Waals surface area contributed by atoms with Crippen molar-refractivity contribution < 1.29 is 12.8 Å². The molecule has 2 aromatic heterocycles. The quantitative estimate of drug-likeness (QED) is 0.901. The molecule has 0 bridgehead atoms. The minimum atomic E-state index is -3.63. The number of hydrogen-bond donors (Lipinski definition) is 1. The van der Waals surface area contributed by atoms with Crippen LogP contribution in [0.1, 0.15) is 18.6 Å². The zero-order chi connectivity index (χ0) is 14.2. The van der Waals surface area contributed by atoms with Crippen LogP contribution in [0.3, 0.4) is 0 Å². The van der Waals surface area contributed by atoms with Gasteiger partial charge < -0.3 is 9.40 Å². The minimum Gasteiger partial charge on any atom is -0.468 e. The number of sulfonamides is 1. The molecule has 0 aliphatic heterocycles. The van der Waals surface area contributed by atoms with E-state index in [-0.39, 0.29) is 23.0 Å². The molecule has 1 saturated carbocycles. The van der Waals surface area contributed by atoms with Crippen LogP contribution in [0, 0.1) is 0 Å². The van der Waals surface area contributed by atoms with Crippen LogP contribution in [-0.4, -0.2) is 23.7 Å². The van der Waals surface area contributed by atoms with Crippen LogP contribution in [0.5, 0.6) is 0 Å². The van der Waals surface area contributed by atoms with Crippen LogP contribution in [0.25, 0.3) is 0 Å². The zero-order valence-electron chi connectivity index (χ0n) is 10.7. The van der Waals surface area contributed by atoms with Gasteiger partial charge in [0.2, 0.25) is 15.6 Å². The Hall–Kier alpha value is -1.86. The largest absolute Gasteiger partial charge is 0.468 e. The highest BCUT2D eigenvalue weighted by atomic mass is 32.2. The summed E-state index contributed by atoms with van der Waals surface area (Å²) in [5.41, 5.74) is -0.326. The van der Waals surface area contributed by atoms with Gasteiger partial charge in [0.05, 0.1) is 17.7 Å². The van der Waals surface area contributed by atoms with Crippen molar-refractivity contribution in [2.45, 2.75) is 30.3 Å². The van der Waals surface area contributed by atoms with Crippen LogP contribution in [-0.2, 0) is 16.6 Å². The molecule has 1 N–H and O–H groups in total. The maximum atomic E-state index is 12.6. The van der Waals surface area contributed by atoms with Crippen LogP contribution in [0.4, 0.5) is 0 Å². The van der Waals surface area contributed by atoms with Crippen molar-refractivity contribution in [3.63, 3.8) is 0 Å². The molecule has 1 aliphatic rings. The predicted molar refractivity (Wildman–Crippen MR) is 71.5 cm³/mol. The van der Waals surface area contributed by atoms with E-state index in [9.17, 15) is 13.2 Å². The normalized spacial score (nSPS) is 15.7. The molecule has 2 aromatic rings. The Morgan fingerprint density at radius 3 is 2.65 bits per heavy atom. The highest BCUT2D eigenvalue weighted by Gasteiger charge is 2.38. The second kappa shape index (κ2) is 4.92. The first kappa shape index (κ1) is 13.1. The molecule has 6 nitrogen and oxygen atoms in total. The maximum Gasteiger partial charge on any atom is 0.247 e. The lowest BCUT2D eigenvalue weighted by atomic mass is 10.4. The Balaban J connectivity index is 1.93. The van der Waals surface area contributed by atoms with E-state index in [0.717, 1.165) is 12.8 Å². The summed E-state index contributed by atoms with van der Waals surface area (Å²) in [7, 11) is -3.63. The van der Waals surface area contributed by atoms with Gasteiger partial charge in [-0.2, -0.15) is 4.31 Å². The van der Waals surface area contributed by atoms with Crippen LogP contribution in [0.15, 0.2) is 50.8 Å². The molecule has 1 aliphatic carbocycles. The molecule has 0 aromatic carbocycles. The van der Waals surface area contributed by atoms with Crippen molar-refractivity contribution in [3.8, 4) is 0 Å². The summed E-state index contributed by atoms with van der Waals surface area (Å²) in [4.78, 5) is 13.5. The van der Waals surface area contributed by atoms with Gasteiger partial charge in [-0.25, -0.2) is 8.42 Å². The smallest absolute Gasteiger partial charge is 0.247 e. The molecule has 1 fully saturated rings. The predicted octanol–water partition coefficient (Wildman–Crippen LogP) is 1.32. The lowest BCUT2D eigenvalue weighted by Gasteiger charge is -2.20. The molecule has 106 valence electrons. The van der Waals surface area contributed by atoms with Crippen molar-refractivity contribution >= 4 is 10.0 Å². The van der Waals surface area contributed by atoms with Gasteiger partial charge in [-0.1, -0.05) is 0 Å². The third-order valence-electron chi connectivity index (χ3n) is 3.21. The van der Waals surface area contributed by atoms with E-state index < -0.39 is 10.0 Å².